The lowest BCUT2D eigenvalue weighted by molar-refractivity contribution is 0.483. The number of H-pyrrole nitrogens is 2. The van der Waals surface area contributed by atoms with Gasteiger partial charge >= 0.3 is 0 Å². The Labute approximate surface area is 123 Å². The zero-order valence-corrected chi connectivity index (χ0v) is 13.4. The SMILES string of the molecule is CC1CC2CC1C([Si]c1ncc[nH]1)=C2[Si]c1ncc[nH]1. The summed E-state index contributed by atoms with van der Waals surface area (Å²) in [5.74, 6) is 2.40. The number of aromatic nitrogens is 4. The topological polar surface area (TPSA) is 57.4 Å². The molecule has 0 amide bonds. The maximum absolute atomic E-state index is 4.42. The van der Waals surface area contributed by atoms with Gasteiger partial charge < -0.3 is 9.97 Å². The van der Waals surface area contributed by atoms with Crippen LogP contribution in [-0.2, 0) is 0 Å². The van der Waals surface area contributed by atoms with Gasteiger partial charge in [-0.05, 0) is 30.6 Å². The van der Waals surface area contributed by atoms with Crippen molar-refractivity contribution in [3.63, 3.8) is 0 Å². The highest BCUT2D eigenvalue weighted by Crippen LogP contribution is 2.50. The molecule has 6 heteroatoms. The smallest absolute Gasteiger partial charge is 0.166 e. The van der Waals surface area contributed by atoms with Crippen molar-refractivity contribution < 1.29 is 0 Å². The molecule has 0 aromatic carbocycles. The molecule has 2 N–H and O–H groups in total. The standard InChI is InChI=1S/C14H16N4Si2/c1-8-6-9-7-10(8)12(20-14-17-4-5-18-14)11(9)19-13-15-2-3-16-13/h2-5,8-10H,6-7H2,1H3,(H,15,16)(H,17,18). The molecule has 0 saturated heterocycles. The van der Waals surface area contributed by atoms with Crippen molar-refractivity contribution in [1.82, 2.24) is 19.9 Å². The fraction of sp³-hybridized carbons (Fsp3) is 0.429. The number of fused-ring (bicyclic) bond motifs is 2. The van der Waals surface area contributed by atoms with Crippen LogP contribution in [0, 0.1) is 17.8 Å². The van der Waals surface area contributed by atoms with Gasteiger partial charge in [0.2, 0.25) is 0 Å². The molecule has 2 aromatic rings. The van der Waals surface area contributed by atoms with Gasteiger partial charge in [0.15, 0.2) is 19.0 Å². The predicted molar refractivity (Wildman–Crippen MR) is 80.4 cm³/mol. The summed E-state index contributed by atoms with van der Waals surface area (Å²) in [7, 11) is 1.42. The number of aromatic amines is 2. The first-order chi connectivity index (χ1) is 9.81. The van der Waals surface area contributed by atoms with E-state index in [1.54, 1.807) is 10.4 Å². The Morgan fingerprint density at radius 3 is 2.25 bits per heavy atom. The molecular formula is C14H16N4Si2. The van der Waals surface area contributed by atoms with Gasteiger partial charge in [0, 0.05) is 24.8 Å². The van der Waals surface area contributed by atoms with Crippen molar-refractivity contribution in [1.29, 1.82) is 0 Å². The molecule has 0 aliphatic heterocycles. The van der Waals surface area contributed by atoms with Gasteiger partial charge in [0.1, 0.15) is 0 Å². The van der Waals surface area contributed by atoms with Gasteiger partial charge in [-0.2, -0.15) is 0 Å². The number of hydrogen-bond donors (Lipinski definition) is 2. The van der Waals surface area contributed by atoms with Crippen LogP contribution in [0.3, 0.4) is 0 Å². The third-order valence-corrected chi connectivity index (χ3v) is 7.58. The van der Waals surface area contributed by atoms with Crippen molar-refractivity contribution in [2.45, 2.75) is 19.8 Å². The maximum Gasteiger partial charge on any atom is 0.166 e. The number of rotatable bonds is 4. The van der Waals surface area contributed by atoms with Crippen LogP contribution in [-0.4, -0.2) is 39.0 Å². The van der Waals surface area contributed by atoms with E-state index >= 15 is 0 Å². The molecule has 2 aromatic heterocycles. The first-order valence-electron chi connectivity index (χ1n) is 7.08. The molecule has 20 heavy (non-hydrogen) atoms. The van der Waals surface area contributed by atoms with Crippen LogP contribution in [0.4, 0.5) is 0 Å². The Morgan fingerprint density at radius 1 is 1.00 bits per heavy atom. The zero-order valence-electron chi connectivity index (χ0n) is 11.4. The quantitative estimate of drug-likeness (QED) is 0.802. The fourth-order valence-electron chi connectivity index (χ4n) is 3.56. The third kappa shape index (κ3) is 2.03. The Kier molecular flexibility index (Phi) is 3.00. The number of nitrogens with zero attached hydrogens (tertiary/aromatic N) is 2. The zero-order chi connectivity index (χ0) is 13.5. The van der Waals surface area contributed by atoms with E-state index in [1.807, 2.05) is 24.8 Å². The summed E-state index contributed by atoms with van der Waals surface area (Å²) in [6.07, 6.45) is 10.3. The minimum atomic E-state index is 0.706. The molecule has 2 bridgehead atoms. The summed E-state index contributed by atoms with van der Waals surface area (Å²) >= 11 is 0. The van der Waals surface area contributed by atoms with Crippen LogP contribution in [0.15, 0.2) is 35.2 Å². The van der Waals surface area contributed by atoms with Crippen LogP contribution in [0.1, 0.15) is 19.8 Å². The molecule has 1 fully saturated rings. The van der Waals surface area contributed by atoms with E-state index in [4.69, 9.17) is 0 Å². The van der Waals surface area contributed by atoms with Crippen molar-refractivity contribution in [3.05, 3.63) is 35.2 Å². The first-order valence-corrected chi connectivity index (χ1v) is 9.08. The van der Waals surface area contributed by atoms with Gasteiger partial charge in [-0.15, -0.1) is 0 Å². The van der Waals surface area contributed by atoms with Crippen molar-refractivity contribution in [2.75, 3.05) is 0 Å². The molecule has 100 valence electrons. The van der Waals surface area contributed by atoms with Crippen LogP contribution in [0.2, 0.25) is 0 Å². The average Bonchev–Trinajstić information content (AvgIpc) is 3.17. The van der Waals surface area contributed by atoms with Crippen molar-refractivity contribution in [3.8, 4) is 0 Å². The van der Waals surface area contributed by atoms with Gasteiger partial charge in [0.05, 0.1) is 10.9 Å². The number of allylic oxidation sites excluding steroid dienone is 2. The van der Waals surface area contributed by atoms with E-state index < -0.39 is 0 Å². The predicted octanol–water partition coefficient (Wildman–Crippen LogP) is 0.379. The van der Waals surface area contributed by atoms with Gasteiger partial charge in [0.25, 0.3) is 0 Å². The summed E-state index contributed by atoms with van der Waals surface area (Å²) in [6, 6.07) is 0. The minimum absolute atomic E-state index is 0.706. The van der Waals surface area contributed by atoms with E-state index in [0.29, 0.717) is 19.0 Å². The number of hydrogen-bond acceptors (Lipinski definition) is 2. The van der Waals surface area contributed by atoms with E-state index in [9.17, 15) is 0 Å². The second-order valence-corrected chi connectivity index (χ2v) is 8.23. The van der Waals surface area contributed by atoms with Gasteiger partial charge in [-0.25, -0.2) is 9.97 Å². The lowest BCUT2D eigenvalue weighted by Gasteiger charge is -2.23. The summed E-state index contributed by atoms with van der Waals surface area (Å²) in [4.78, 5) is 15.4. The summed E-state index contributed by atoms with van der Waals surface area (Å²) in [6.45, 7) is 2.41. The van der Waals surface area contributed by atoms with Crippen LogP contribution < -0.4 is 10.9 Å². The molecule has 2 aliphatic rings. The Hall–Kier alpha value is -1.41. The molecule has 2 aliphatic carbocycles. The average molecular weight is 296 g/mol. The molecule has 4 radical (unpaired) electrons. The largest absolute Gasteiger partial charge is 0.353 e. The fourth-order valence-corrected chi connectivity index (χ4v) is 6.72. The molecular weight excluding hydrogens is 280 g/mol. The summed E-state index contributed by atoms with van der Waals surface area (Å²) in [5.41, 5.74) is 2.25. The highest BCUT2D eigenvalue weighted by atomic mass is 28.2. The molecule has 4 rings (SSSR count). The lowest BCUT2D eigenvalue weighted by Crippen LogP contribution is -2.31. The van der Waals surface area contributed by atoms with E-state index in [1.165, 1.54) is 12.8 Å². The maximum atomic E-state index is 4.42. The normalized spacial score (nSPS) is 28.6. The lowest BCUT2D eigenvalue weighted by atomic mass is 9.95. The molecule has 3 unspecified atom stereocenters. The molecule has 3 atom stereocenters. The highest BCUT2D eigenvalue weighted by molar-refractivity contribution is 6.66. The second-order valence-electron chi connectivity index (χ2n) is 5.71. The van der Waals surface area contributed by atoms with E-state index in [2.05, 4.69) is 26.9 Å². The Balaban J connectivity index is 1.66. The second kappa shape index (κ2) is 4.85. The van der Waals surface area contributed by atoms with Crippen molar-refractivity contribution >= 4 is 29.9 Å². The molecule has 0 spiro atoms. The Bertz CT molecular complexity index is 618. The molecule has 4 nitrogen and oxygen atoms in total. The number of imidazole rings is 2. The molecule has 2 heterocycles. The number of nitrogens with one attached hydrogen (secondary N) is 2. The van der Waals surface area contributed by atoms with Crippen LogP contribution in [0.5, 0.6) is 0 Å². The first kappa shape index (κ1) is 12.3. The van der Waals surface area contributed by atoms with Gasteiger partial charge in [-0.3, -0.25) is 0 Å². The highest BCUT2D eigenvalue weighted by Gasteiger charge is 2.43. The minimum Gasteiger partial charge on any atom is -0.353 e. The molecule has 1 saturated carbocycles. The van der Waals surface area contributed by atoms with Crippen LogP contribution in [0.25, 0.3) is 0 Å². The van der Waals surface area contributed by atoms with Gasteiger partial charge in [-0.1, -0.05) is 17.3 Å². The summed E-state index contributed by atoms with van der Waals surface area (Å²) < 4.78 is 0. The Morgan fingerprint density at radius 2 is 1.65 bits per heavy atom. The summed E-state index contributed by atoms with van der Waals surface area (Å²) in [5, 5.41) is 3.33. The van der Waals surface area contributed by atoms with E-state index in [0.717, 1.165) is 28.6 Å². The monoisotopic (exact) mass is 296 g/mol. The van der Waals surface area contributed by atoms with Crippen molar-refractivity contribution in [2.24, 2.45) is 17.8 Å². The van der Waals surface area contributed by atoms with Crippen LogP contribution >= 0.6 is 0 Å². The van der Waals surface area contributed by atoms with E-state index in [-0.39, 0.29) is 0 Å². The third-order valence-electron chi connectivity index (χ3n) is 4.45.